The van der Waals surface area contributed by atoms with E-state index in [1.807, 2.05) is 11.6 Å². The summed E-state index contributed by atoms with van der Waals surface area (Å²) in [6.07, 6.45) is 3.35. The highest BCUT2D eigenvalue weighted by Gasteiger charge is 2.01. The van der Waals surface area contributed by atoms with E-state index in [0.29, 0.717) is 10.3 Å². The third-order valence-corrected chi connectivity index (χ3v) is 1.78. The van der Waals surface area contributed by atoms with Crippen LogP contribution in [0.2, 0.25) is 0 Å². The first-order valence-corrected chi connectivity index (χ1v) is 3.86. The molecule has 11 heavy (non-hydrogen) atoms. The van der Waals surface area contributed by atoms with Gasteiger partial charge in [-0.05, 0) is 15.9 Å². The minimum absolute atomic E-state index is 0.668. The topological polar surface area (TPSA) is 43.6 Å². The molecule has 4 nitrogen and oxygen atoms in total. The molecule has 0 saturated heterocycles. The quantitative estimate of drug-likeness (QED) is 0.658. The summed E-state index contributed by atoms with van der Waals surface area (Å²) in [7, 11) is 1.89. The monoisotopic (exact) mass is 212 g/mol. The molecule has 0 radical (unpaired) electrons. The minimum atomic E-state index is 0.668. The van der Waals surface area contributed by atoms with Crippen LogP contribution in [0.1, 0.15) is 0 Å². The van der Waals surface area contributed by atoms with E-state index in [1.54, 1.807) is 12.5 Å². The molecule has 5 heteroatoms. The number of halogens is 1. The van der Waals surface area contributed by atoms with E-state index >= 15 is 0 Å². The molecule has 0 amide bonds. The van der Waals surface area contributed by atoms with E-state index in [9.17, 15) is 0 Å². The number of hydrogen-bond acceptors (Lipinski definition) is 3. The van der Waals surface area contributed by atoms with E-state index in [-0.39, 0.29) is 0 Å². The van der Waals surface area contributed by atoms with Crippen molar-refractivity contribution in [2.24, 2.45) is 7.05 Å². The van der Waals surface area contributed by atoms with Crippen molar-refractivity contribution in [2.45, 2.75) is 0 Å². The third kappa shape index (κ3) is 1.01. The Morgan fingerprint density at radius 1 is 1.45 bits per heavy atom. The minimum Gasteiger partial charge on any atom is -0.317 e. The lowest BCUT2D eigenvalue weighted by Gasteiger charge is -1.91. The molecular formula is C6H5BrN4. The van der Waals surface area contributed by atoms with E-state index in [1.165, 1.54) is 0 Å². The second kappa shape index (κ2) is 2.27. The maximum Gasteiger partial charge on any atom is 0.198 e. The summed E-state index contributed by atoms with van der Waals surface area (Å²) in [5, 5.41) is 0. The molecule has 0 saturated carbocycles. The highest BCUT2D eigenvalue weighted by atomic mass is 79.9. The average Bonchev–Trinajstić information content (AvgIpc) is 2.32. The molecule has 0 bridgehead atoms. The Hall–Kier alpha value is -0.970. The van der Waals surface area contributed by atoms with Crippen LogP contribution in [0.25, 0.3) is 11.3 Å². The Labute approximate surface area is 71.4 Å². The fraction of sp³-hybridized carbons (Fsp3) is 0.167. The summed E-state index contributed by atoms with van der Waals surface area (Å²) < 4.78 is 2.54. The van der Waals surface area contributed by atoms with Gasteiger partial charge in [-0.2, -0.15) is 0 Å². The first kappa shape index (κ1) is 6.72. The predicted octanol–water partition coefficient (Wildman–Crippen LogP) is 1.13. The van der Waals surface area contributed by atoms with E-state index in [0.717, 1.165) is 5.65 Å². The van der Waals surface area contributed by atoms with Gasteiger partial charge in [-0.3, -0.25) is 0 Å². The lowest BCUT2D eigenvalue weighted by Crippen LogP contribution is -1.88. The second-order valence-corrected chi connectivity index (χ2v) is 3.01. The van der Waals surface area contributed by atoms with Gasteiger partial charge in [-0.1, -0.05) is 0 Å². The van der Waals surface area contributed by atoms with Crippen LogP contribution in [-0.2, 0) is 7.05 Å². The van der Waals surface area contributed by atoms with Gasteiger partial charge < -0.3 is 4.57 Å². The smallest absolute Gasteiger partial charge is 0.198 e. The van der Waals surface area contributed by atoms with Crippen molar-refractivity contribution in [2.75, 3.05) is 0 Å². The van der Waals surface area contributed by atoms with Crippen molar-refractivity contribution in [3.63, 3.8) is 0 Å². The normalized spacial score (nSPS) is 10.7. The first-order chi connectivity index (χ1) is 5.27. The van der Waals surface area contributed by atoms with Gasteiger partial charge in [0.25, 0.3) is 0 Å². The number of nitrogens with zero attached hydrogens (tertiary/aromatic N) is 4. The standard InChI is InChI=1S/C6H5BrN4/c1-11-3-9-5-6(11)8-2-4(7)10-5/h2-3H,1H3. The van der Waals surface area contributed by atoms with Crippen LogP contribution in [0.4, 0.5) is 0 Å². The van der Waals surface area contributed by atoms with Crippen LogP contribution in [0, 0.1) is 0 Å². The van der Waals surface area contributed by atoms with Gasteiger partial charge in [0.2, 0.25) is 0 Å². The van der Waals surface area contributed by atoms with Gasteiger partial charge in [-0.15, -0.1) is 0 Å². The van der Waals surface area contributed by atoms with Crippen LogP contribution >= 0.6 is 15.9 Å². The molecular weight excluding hydrogens is 208 g/mol. The molecule has 0 aliphatic rings. The zero-order chi connectivity index (χ0) is 7.84. The average molecular weight is 213 g/mol. The lowest BCUT2D eigenvalue weighted by molar-refractivity contribution is 0.930. The zero-order valence-corrected chi connectivity index (χ0v) is 7.41. The van der Waals surface area contributed by atoms with Crippen molar-refractivity contribution in [3.05, 3.63) is 17.1 Å². The third-order valence-electron chi connectivity index (χ3n) is 1.39. The number of fused-ring (bicyclic) bond motifs is 1. The van der Waals surface area contributed by atoms with Crippen LogP contribution in [0.3, 0.4) is 0 Å². The number of aryl methyl sites for hydroxylation is 1. The van der Waals surface area contributed by atoms with Crippen LogP contribution in [-0.4, -0.2) is 19.5 Å². The molecule has 2 rings (SSSR count). The molecule has 0 aliphatic carbocycles. The van der Waals surface area contributed by atoms with Crippen molar-refractivity contribution >= 4 is 27.2 Å². The van der Waals surface area contributed by atoms with Gasteiger partial charge in [0.05, 0.1) is 12.5 Å². The van der Waals surface area contributed by atoms with Gasteiger partial charge in [0.1, 0.15) is 4.60 Å². The molecule has 56 valence electrons. The summed E-state index contributed by atoms with van der Waals surface area (Å²) in [5.74, 6) is 0. The maximum atomic E-state index is 4.13. The van der Waals surface area contributed by atoms with Gasteiger partial charge in [0, 0.05) is 7.05 Å². The lowest BCUT2D eigenvalue weighted by atomic mass is 10.7. The summed E-state index contributed by atoms with van der Waals surface area (Å²) in [6.45, 7) is 0. The predicted molar refractivity (Wildman–Crippen MR) is 44.0 cm³/mol. The molecule has 2 heterocycles. The Morgan fingerprint density at radius 3 is 3.09 bits per heavy atom. The molecule has 0 aliphatic heterocycles. The summed E-state index contributed by atoms with van der Waals surface area (Å²) >= 11 is 3.22. The Kier molecular flexibility index (Phi) is 1.38. The van der Waals surface area contributed by atoms with E-state index < -0.39 is 0 Å². The molecule has 0 fully saturated rings. The highest BCUT2D eigenvalue weighted by Crippen LogP contribution is 2.09. The molecule has 2 aromatic heterocycles. The number of aromatic nitrogens is 4. The van der Waals surface area contributed by atoms with Gasteiger partial charge in [0.15, 0.2) is 11.3 Å². The SMILES string of the molecule is Cn1cnc2nc(Br)cnc21. The van der Waals surface area contributed by atoms with Crippen molar-refractivity contribution in [3.8, 4) is 0 Å². The van der Waals surface area contributed by atoms with Crippen molar-refractivity contribution < 1.29 is 0 Å². The van der Waals surface area contributed by atoms with E-state index in [2.05, 4.69) is 30.9 Å². The van der Waals surface area contributed by atoms with E-state index in [4.69, 9.17) is 0 Å². The Morgan fingerprint density at radius 2 is 2.27 bits per heavy atom. The van der Waals surface area contributed by atoms with Crippen molar-refractivity contribution in [1.82, 2.24) is 19.5 Å². The van der Waals surface area contributed by atoms with Crippen LogP contribution in [0.5, 0.6) is 0 Å². The molecule has 0 aromatic carbocycles. The van der Waals surface area contributed by atoms with Crippen LogP contribution in [0.15, 0.2) is 17.1 Å². The molecule has 0 spiro atoms. The fourth-order valence-electron chi connectivity index (χ4n) is 0.884. The van der Waals surface area contributed by atoms with Gasteiger partial charge in [-0.25, -0.2) is 15.0 Å². The maximum absolute atomic E-state index is 4.13. The molecule has 2 aromatic rings. The highest BCUT2D eigenvalue weighted by molar-refractivity contribution is 9.10. The van der Waals surface area contributed by atoms with Crippen LogP contribution < -0.4 is 0 Å². The zero-order valence-electron chi connectivity index (χ0n) is 5.82. The number of imidazole rings is 1. The number of hydrogen-bond donors (Lipinski definition) is 0. The molecule has 0 atom stereocenters. The second-order valence-electron chi connectivity index (χ2n) is 2.20. The first-order valence-electron chi connectivity index (χ1n) is 3.07. The number of rotatable bonds is 0. The molecule has 0 unspecified atom stereocenters. The summed E-state index contributed by atoms with van der Waals surface area (Å²) in [4.78, 5) is 12.3. The Bertz CT molecular complexity index is 394. The Balaban J connectivity index is 2.86. The summed E-state index contributed by atoms with van der Waals surface area (Å²) in [5.41, 5.74) is 1.47. The summed E-state index contributed by atoms with van der Waals surface area (Å²) in [6, 6.07) is 0. The van der Waals surface area contributed by atoms with Crippen molar-refractivity contribution in [1.29, 1.82) is 0 Å². The molecule has 0 N–H and O–H groups in total. The fourth-order valence-corrected chi connectivity index (χ4v) is 1.15. The largest absolute Gasteiger partial charge is 0.317 e. The van der Waals surface area contributed by atoms with Gasteiger partial charge >= 0.3 is 0 Å².